The molecule has 2 heterocycles. The van der Waals surface area contributed by atoms with Crippen molar-refractivity contribution >= 4 is 17.4 Å². The Labute approximate surface area is 108 Å². The molecule has 2 N–H and O–H groups in total. The first-order chi connectivity index (χ1) is 8.81. The van der Waals surface area contributed by atoms with Crippen LogP contribution in [0.25, 0.3) is 5.69 Å². The topological polar surface area (TPSA) is 71.8 Å². The summed E-state index contributed by atoms with van der Waals surface area (Å²) in [4.78, 5) is 11.4. The third-order valence-corrected chi connectivity index (χ3v) is 3.32. The van der Waals surface area contributed by atoms with Crippen molar-refractivity contribution < 1.29 is 4.79 Å². The molecule has 1 aliphatic carbocycles. The van der Waals surface area contributed by atoms with Crippen molar-refractivity contribution in [1.82, 2.24) is 25.6 Å². The molecule has 0 radical (unpaired) electrons. The van der Waals surface area contributed by atoms with E-state index in [1.807, 2.05) is 23.0 Å². The summed E-state index contributed by atoms with van der Waals surface area (Å²) in [5.41, 5.74) is 1.73. The summed E-state index contributed by atoms with van der Waals surface area (Å²) in [6.45, 7) is 0.392. The van der Waals surface area contributed by atoms with Crippen LogP contribution in [0.4, 0.5) is 4.79 Å². The van der Waals surface area contributed by atoms with Gasteiger partial charge in [0.05, 0.1) is 18.4 Å². The Morgan fingerprint density at radius 3 is 3.17 bits per heavy atom. The highest BCUT2D eigenvalue weighted by Gasteiger charge is 2.22. The number of carbonyl (C=O) groups excluding carboxylic acids is 1. The molecule has 6 nitrogen and oxygen atoms in total. The van der Waals surface area contributed by atoms with Gasteiger partial charge in [-0.1, -0.05) is 5.21 Å². The molecule has 94 valence electrons. The van der Waals surface area contributed by atoms with Crippen LogP contribution >= 0.6 is 11.3 Å². The van der Waals surface area contributed by atoms with Crippen LogP contribution in [0.3, 0.4) is 0 Å². The van der Waals surface area contributed by atoms with Crippen LogP contribution in [0.5, 0.6) is 0 Å². The van der Waals surface area contributed by atoms with Gasteiger partial charge >= 0.3 is 6.03 Å². The van der Waals surface area contributed by atoms with Gasteiger partial charge in [0.15, 0.2) is 0 Å². The molecule has 0 bridgehead atoms. The fraction of sp³-hybridized carbons (Fsp3) is 0.364. The number of carbonyl (C=O) groups is 1. The molecule has 3 rings (SSSR count). The fourth-order valence-corrected chi connectivity index (χ4v) is 2.15. The number of urea groups is 1. The third kappa shape index (κ3) is 2.67. The van der Waals surface area contributed by atoms with E-state index in [4.69, 9.17) is 0 Å². The number of nitrogens with one attached hydrogen (secondary N) is 2. The second-order valence-corrected chi connectivity index (χ2v) is 5.02. The first-order valence-electron chi connectivity index (χ1n) is 5.79. The Balaban J connectivity index is 1.55. The summed E-state index contributed by atoms with van der Waals surface area (Å²) in [5, 5.41) is 17.6. The van der Waals surface area contributed by atoms with E-state index in [1.165, 1.54) is 0 Å². The smallest absolute Gasteiger partial charge is 0.315 e. The standard InChI is InChI=1S/C11H13N5OS/c17-11(13-8-1-2-8)12-5-9-6-16(15-14-9)10-3-4-18-7-10/h3-4,6-8H,1-2,5H2,(H2,12,13,17). The minimum atomic E-state index is -0.136. The van der Waals surface area contributed by atoms with Crippen LogP contribution < -0.4 is 10.6 Å². The van der Waals surface area contributed by atoms with Crippen LogP contribution in [0.2, 0.25) is 0 Å². The summed E-state index contributed by atoms with van der Waals surface area (Å²) < 4.78 is 1.70. The van der Waals surface area contributed by atoms with E-state index in [-0.39, 0.29) is 6.03 Å². The fourth-order valence-electron chi connectivity index (χ4n) is 1.53. The molecule has 1 fully saturated rings. The van der Waals surface area contributed by atoms with E-state index in [1.54, 1.807) is 16.0 Å². The molecule has 0 atom stereocenters. The molecule has 18 heavy (non-hydrogen) atoms. The molecule has 0 spiro atoms. The molecule has 0 aromatic carbocycles. The molecule has 1 saturated carbocycles. The van der Waals surface area contributed by atoms with Crippen molar-refractivity contribution in [2.24, 2.45) is 0 Å². The summed E-state index contributed by atoms with van der Waals surface area (Å²) in [7, 11) is 0. The maximum absolute atomic E-state index is 11.4. The normalized spacial score (nSPS) is 14.4. The van der Waals surface area contributed by atoms with Gasteiger partial charge in [0.25, 0.3) is 0 Å². The number of aromatic nitrogens is 3. The lowest BCUT2D eigenvalue weighted by atomic mass is 10.4. The monoisotopic (exact) mass is 263 g/mol. The van der Waals surface area contributed by atoms with E-state index in [2.05, 4.69) is 20.9 Å². The lowest BCUT2D eigenvalue weighted by Crippen LogP contribution is -2.36. The quantitative estimate of drug-likeness (QED) is 0.873. The zero-order chi connectivity index (χ0) is 12.4. The summed E-state index contributed by atoms with van der Waals surface area (Å²) in [6.07, 6.45) is 3.99. The van der Waals surface area contributed by atoms with Gasteiger partial charge in [-0.25, -0.2) is 9.48 Å². The molecule has 1 aliphatic rings. The number of rotatable bonds is 4. The Morgan fingerprint density at radius 1 is 1.56 bits per heavy atom. The molecule has 2 amide bonds. The number of amides is 2. The van der Waals surface area contributed by atoms with Crippen molar-refractivity contribution in [2.45, 2.75) is 25.4 Å². The minimum absolute atomic E-state index is 0.136. The van der Waals surface area contributed by atoms with Crippen molar-refractivity contribution in [3.8, 4) is 5.69 Å². The summed E-state index contributed by atoms with van der Waals surface area (Å²) >= 11 is 1.61. The highest BCUT2D eigenvalue weighted by atomic mass is 32.1. The second kappa shape index (κ2) is 4.77. The number of hydrogen-bond acceptors (Lipinski definition) is 4. The van der Waals surface area contributed by atoms with Crippen LogP contribution in [0, 0.1) is 0 Å². The minimum Gasteiger partial charge on any atom is -0.335 e. The molecule has 0 saturated heterocycles. The predicted octanol–water partition coefficient (Wildman–Crippen LogP) is 1.29. The van der Waals surface area contributed by atoms with Gasteiger partial charge in [0.1, 0.15) is 5.69 Å². The van der Waals surface area contributed by atoms with E-state index in [0.29, 0.717) is 12.6 Å². The highest BCUT2D eigenvalue weighted by Crippen LogP contribution is 2.18. The molecular weight excluding hydrogens is 250 g/mol. The van der Waals surface area contributed by atoms with E-state index < -0.39 is 0 Å². The van der Waals surface area contributed by atoms with E-state index in [0.717, 1.165) is 24.2 Å². The Kier molecular flexibility index (Phi) is 2.97. The summed E-state index contributed by atoms with van der Waals surface area (Å²) in [6, 6.07) is 2.20. The largest absolute Gasteiger partial charge is 0.335 e. The van der Waals surface area contributed by atoms with Crippen LogP contribution in [0.15, 0.2) is 23.0 Å². The Bertz CT molecular complexity index is 531. The molecule has 2 aromatic heterocycles. The van der Waals surface area contributed by atoms with Crippen LogP contribution in [-0.2, 0) is 6.54 Å². The third-order valence-electron chi connectivity index (χ3n) is 2.65. The van der Waals surface area contributed by atoms with Crippen molar-refractivity contribution in [3.05, 3.63) is 28.7 Å². The van der Waals surface area contributed by atoms with Gasteiger partial charge in [-0.05, 0) is 24.3 Å². The van der Waals surface area contributed by atoms with Crippen molar-refractivity contribution in [3.63, 3.8) is 0 Å². The van der Waals surface area contributed by atoms with Crippen molar-refractivity contribution in [2.75, 3.05) is 0 Å². The lowest BCUT2D eigenvalue weighted by molar-refractivity contribution is 0.240. The molecule has 0 aliphatic heterocycles. The predicted molar refractivity (Wildman–Crippen MR) is 67.6 cm³/mol. The summed E-state index contributed by atoms with van der Waals surface area (Å²) in [5.74, 6) is 0. The Hall–Kier alpha value is -1.89. The van der Waals surface area contributed by atoms with Gasteiger partial charge in [0, 0.05) is 11.4 Å². The average Bonchev–Trinajstić information content (AvgIpc) is 2.87. The number of nitrogens with zero attached hydrogens (tertiary/aromatic N) is 3. The lowest BCUT2D eigenvalue weighted by Gasteiger charge is -2.03. The van der Waals surface area contributed by atoms with Crippen LogP contribution in [0.1, 0.15) is 18.5 Å². The van der Waals surface area contributed by atoms with Gasteiger partial charge < -0.3 is 10.6 Å². The van der Waals surface area contributed by atoms with E-state index >= 15 is 0 Å². The molecule has 0 unspecified atom stereocenters. The van der Waals surface area contributed by atoms with E-state index in [9.17, 15) is 4.79 Å². The number of hydrogen-bond donors (Lipinski definition) is 2. The first-order valence-corrected chi connectivity index (χ1v) is 6.74. The SMILES string of the molecule is O=C(NCc1cn(-c2ccsc2)nn1)NC1CC1. The van der Waals surface area contributed by atoms with Crippen LogP contribution in [-0.4, -0.2) is 27.1 Å². The highest BCUT2D eigenvalue weighted by molar-refractivity contribution is 7.08. The van der Waals surface area contributed by atoms with Gasteiger partial charge in [-0.2, -0.15) is 11.3 Å². The molecular formula is C11H13N5OS. The maximum Gasteiger partial charge on any atom is 0.315 e. The first kappa shape index (κ1) is 11.2. The van der Waals surface area contributed by atoms with Gasteiger partial charge in [0.2, 0.25) is 0 Å². The number of thiophene rings is 1. The zero-order valence-corrected chi connectivity index (χ0v) is 10.5. The molecule has 2 aromatic rings. The average molecular weight is 263 g/mol. The molecule has 7 heteroatoms. The van der Waals surface area contributed by atoms with Gasteiger partial charge in [-0.15, -0.1) is 5.10 Å². The second-order valence-electron chi connectivity index (χ2n) is 4.24. The maximum atomic E-state index is 11.4. The zero-order valence-electron chi connectivity index (χ0n) is 9.67. The van der Waals surface area contributed by atoms with Crippen molar-refractivity contribution in [1.29, 1.82) is 0 Å². The van der Waals surface area contributed by atoms with Gasteiger partial charge in [-0.3, -0.25) is 0 Å². The Morgan fingerprint density at radius 2 is 2.44 bits per heavy atom.